The van der Waals surface area contributed by atoms with E-state index in [2.05, 4.69) is 5.32 Å². The highest BCUT2D eigenvalue weighted by Gasteiger charge is 2.26. The van der Waals surface area contributed by atoms with Gasteiger partial charge in [0, 0.05) is 37.3 Å². The molecular weight excluding hydrogens is 386 g/mol. The predicted molar refractivity (Wildman–Crippen MR) is 117 cm³/mol. The summed E-state index contributed by atoms with van der Waals surface area (Å²) in [6.07, 6.45) is 1.61. The van der Waals surface area contributed by atoms with Crippen molar-refractivity contribution >= 4 is 27.7 Å². The molecule has 0 spiro atoms. The van der Waals surface area contributed by atoms with E-state index in [0.29, 0.717) is 26.2 Å². The van der Waals surface area contributed by atoms with Crippen LogP contribution in [0.1, 0.15) is 16.7 Å². The fourth-order valence-electron chi connectivity index (χ4n) is 3.22. The number of carbonyl (C=O) groups excluding carboxylic acids is 1. The summed E-state index contributed by atoms with van der Waals surface area (Å²) in [7, 11) is -3.47. The number of nitrogens with zero attached hydrogens (tertiary/aromatic N) is 2. The van der Waals surface area contributed by atoms with E-state index in [1.54, 1.807) is 6.08 Å². The number of anilines is 1. The molecule has 0 bridgehead atoms. The third-order valence-corrected chi connectivity index (χ3v) is 6.52. The molecule has 154 valence electrons. The zero-order valence-corrected chi connectivity index (χ0v) is 17.7. The normalized spacial score (nSPS) is 16.2. The smallest absolute Gasteiger partial charge is 0.238 e. The van der Waals surface area contributed by atoms with Crippen LogP contribution in [0.3, 0.4) is 0 Å². The van der Waals surface area contributed by atoms with Crippen molar-refractivity contribution in [2.75, 3.05) is 38.0 Å². The third-order valence-electron chi connectivity index (χ3n) is 4.96. The second-order valence-electron chi connectivity index (χ2n) is 7.30. The van der Waals surface area contributed by atoms with Gasteiger partial charge in [0.15, 0.2) is 0 Å². The van der Waals surface area contributed by atoms with Gasteiger partial charge in [-0.3, -0.25) is 9.69 Å². The first-order chi connectivity index (χ1) is 13.8. The molecular formula is C22H27N3O3S. The minimum atomic E-state index is -3.47. The lowest BCUT2D eigenvalue weighted by atomic mass is 10.1. The van der Waals surface area contributed by atoms with Gasteiger partial charge in [-0.2, -0.15) is 4.31 Å². The van der Waals surface area contributed by atoms with E-state index in [9.17, 15) is 13.2 Å². The highest BCUT2D eigenvalue weighted by molar-refractivity contribution is 7.92. The molecule has 0 aromatic heterocycles. The molecule has 3 rings (SSSR count). The van der Waals surface area contributed by atoms with Crippen molar-refractivity contribution in [2.45, 2.75) is 13.8 Å². The third kappa shape index (κ3) is 6.00. The van der Waals surface area contributed by atoms with Crippen molar-refractivity contribution in [3.05, 3.63) is 70.6 Å². The Hall–Kier alpha value is -2.48. The maximum Gasteiger partial charge on any atom is 0.238 e. The standard InChI is InChI=1S/C22H27N3O3S/c1-18-8-9-19(2)21(16-18)23-22(26)17-24-11-13-25(14-12-24)29(27,28)15-10-20-6-4-3-5-7-20/h3-10,15-16H,11-14,17H2,1-2H3,(H,23,26)/b15-10-. The summed E-state index contributed by atoms with van der Waals surface area (Å²) in [6, 6.07) is 15.3. The maximum absolute atomic E-state index is 12.5. The van der Waals surface area contributed by atoms with Crippen molar-refractivity contribution in [3.8, 4) is 0 Å². The van der Waals surface area contributed by atoms with Crippen LogP contribution in [0.5, 0.6) is 0 Å². The summed E-state index contributed by atoms with van der Waals surface area (Å²) in [6.45, 7) is 6.00. The Balaban J connectivity index is 1.51. The van der Waals surface area contributed by atoms with Crippen molar-refractivity contribution < 1.29 is 13.2 Å². The van der Waals surface area contributed by atoms with Crippen molar-refractivity contribution in [1.82, 2.24) is 9.21 Å². The molecule has 2 aromatic carbocycles. The lowest BCUT2D eigenvalue weighted by Gasteiger charge is -2.32. The first kappa shape index (κ1) is 21.2. The van der Waals surface area contributed by atoms with E-state index >= 15 is 0 Å². The van der Waals surface area contributed by atoms with Crippen LogP contribution in [-0.4, -0.2) is 56.3 Å². The molecule has 0 radical (unpaired) electrons. The molecule has 0 atom stereocenters. The Morgan fingerprint density at radius 3 is 2.41 bits per heavy atom. The lowest BCUT2D eigenvalue weighted by Crippen LogP contribution is -2.49. The van der Waals surface area contributed by atoms with Gasteiger partial charge in [-0.15, -0.1) is 0 Å². The number of hydrogen-bond acceptors (Lipinski definition) is 4. The summed E-state index contributed by atoms with van der Waals surface area (Å²) in [4.78, 5) is 14.4. The molecule has 6 nitrogen and oxygen atoms in total. The number of rotatable bonds is 6. The van der Waals surface area contributed by atoms with Crippen LogP contribution in [0, 0.1) is 13.8 Å². The summed E-state index contributed by atoms with van der Waals surface area (Å²) in [5, 5.41) is 4.21. The van der Waals surface area contributed by atoms with Crippen molar-refractivity contribution in [1.29, 1.82) is 0 Å². The molecule has 1 aliphatic rings. The van der Waals surface area contributed by atoms with Crippen LogP contribution >= 0.6 is 0 Å². The molecule has 7 heteroatoms. The number of hydrogen-bond donors (Lipinski definition) is 1. The number of aryl methyl sites for hydroxylation is 2. The van der Waals surface area contributed by atoms with Crippen LogP contribution in [0.25, 0.3) is 6.08 Å². The summed E-state index contributed by atoms with van der Waals surface area (Å²) in [5.41, 5.74) is 3.78. The van der Waals surface area contributed by atoms with Gasteiger partial charge in [0.1, 0.15) is 0 Å². The van der Waals surface area contributed by atoms with Gasteiger partial charge in [-0.05, 0) is 42.7 Å². The monoisotopic (exact) mass is 413 g/mol. The largest absolute Gasteiger partial charge is 0.325 e. The van der Waals surface area contributed by atoms with E-state index in [1.165, 1.54) is 9.71 Å². The van der Waals surface area contributed by atoms with Gasteiger partial charge in [0.25, 0.3) is 0 Å². The summed E-state index contributed by atoms with van der Waals surface area (Å²) < 4.78 is 26.5. The van der Waals surface area contributed by atoms with Crippen molar-refractivity contribution in [2.24, 2.45) is 0 Å². The van der Waals surface area contributed by atoms with E-state index in [0.717, 1.165) is 22.4 Å². The highest BCUT2D eigenvalue weighted by Crippen LogP contribution is 2.17. The predicted octanol–water partition coefficient (Wildman–Crippen LogP) is 2.86. The zero-order chi connectivity index (χ0) is 20.9. The molecule has 2 aromatic rings. The number of sulfonamides is 1. The molecule has 0 aliphatic carbocycles. The molecule has 1 N–H and O–H groups in total. The topological polar surface area (TPSA) is 69.7 Å². The second kappa shape index (κ2) is 9.35. The Morgan fingerprint density at radius 2 is 1.72 bits per heavy atom. The molecule has 0 unspecified atom stereocenters. The Morgan fingerprint density at radius 1 is 1.03 bits per heavy atom. The summed E-state index contributed by atoms with van der Waals surface area (Å²) >= 11 is 0. The molecule has 1 saturated heterocycles. The van der Waals surface area contributed by atoms with E-state index in [-0.39, 0.29) is 12.5 Å². The quantitative estimate of drug-likeness (QED) is 0.791. The number of benzene rings is 2. The Labute approximate surface area is 172 Å². The average molecular weight is 414 g/mol. The Kier molecular flexibility index (Phi) is 6.84. The first-order valence-electron chi connectivity index (χ1n) is 9.66. The lowest BCUT2D eigenvalue weighted by molar-refractivity contribution is -0.117. The molecule has 29 heavy (non-hydrogen) atoms. The van der Waals surface area contributed by atoms with Crippen LogP contribution in [-0.2, 0) is 14.8 Å². The maximum atomic E-state index is 12.5. The second-order valence-corrected chi connectivity index (χ2v) is 9.12. The number of piperazine rings is 1. The van der Waals surface area contributed by atoms with E-state index < -0.39 is 10.0 Å². The van der Waals surface area contributed by atoms with Gasteiger partial charge < -0.3 is 5.32 Å². The van der Waals surface area contributed by atoms with Crippen LogP contribution < -0.4 is 5.32 Å². The van der Waals surface area contributed by atoms with Gasteiger partial charge in [-0.1, -0.05) is 42.5 Å². The number of carbonyl (C=O) groups is 1. The van der Waals surface area contributed by atoms with Gasteiger partial charge >= 0.3 is 0 Å². The van der Waals surface area contributed by atoms with Gasteiger partial charge in [0.2, 0.25) is 15.9 Å². The molecule has 1 fully saturated rings. The van der Waals surface area contributed by atoms with E-state index in [4.69, 9.17) is 0 Å². The minimum absolute atomic E-state index is 0.0843. The molecule has 1 heterocycles. The van der Waals surface area contributed by atoms with Gasteiger partial charge in [-0.25, -0.2) is 8.42 Å². The van der Waals surface area contributed by atoms with Crippen LogP contribution in [0.15, 0.2) is 53.9 Å². The van der Waals surface area contributed by atoms with Crippen LogP contribution in [0.2, 0.25) is 0 Å². The number of nitrogens with one attached hydrogen (secondary N) is 1. The SMILES string of the molecule is Cc1ccc(C)c(NC(=O)CN2CCN(S(=O)(=O)/C=C\c3ccccc3)CC2)c1. The van der Waals surface area contributed by atoms with Gasteiger partial charge in [0.05, 0.1) is 6.54 Å². The van der Waals surface area contributed by atoms with Crippen LogP contribution in [0.4, 0.5) is 5.69 Å². The molecule has 1 amide bonds. The highest BCUT2D eigenvalue weighted by atomic mass is 32.2. The minimum Gasteiger partial charge on any atom is -0.325 e. The zero-order valence-electron chi connectivity index (χ0n) is 16.8. The number of amides is 1. The summed E-state index contributed by atoms with van der Waals surface area (Å²) in [5.74, 6) is -0.0843. The fourth-order valence-corrected chi connectivity index (χ4v) is 4.39. The van der Waals surface area contributed by atoms with E-state index in [1.807, 2.05) is 67.3 Å². The fraction of sp³-hybridized carbons (Fsp3) is 0.318. The van der Waals surface area contributed by atoms with Crippen molar-refractivity contribution in [3.63, 3.8) is 0 Å². The molecule has 0 saturated carbocycles. The first-order valence-corrected chi connectivity index (χ1v) is 11.2. The molecule has 1 aliphatic heterocycles. The Bertz CT molecular complexity index is 980. The average Bonchev–Trinajstić information content (AvgIpc) is 2.70.